The second kappa shape index (κ2) is 9.25. The lowest BCUT2D eigenvalue weighted by molar-refractivity contribution is -0.132. The zero-order chi connectivity index (χ0) is 22.7. The zero-order valence-electron chi connectivity index (χ0n) is 18.4. The summed E-state index contributed by atoms with van der Waals surface area (Å²) in [5.74, 6) is 0.722. The SMILES string of the molecule is COc1ccc(-n2ncc(C(=O)[C@H]3CCCN(C(=O)CCn4nccc4C)C3)c2N)cc1. The molecule has 1 aliphatic heterocycles. The van der Waals surface area contributed by atoms with Crippen molar-refractivity contribution < 1.29 is 14.3 Å². The van der Waals surface area contributed by atoms with E-state index in [0.717, 1.165) is 30.0 Å². The number of piperidine rings is 1. The fourth-order valence-corrected chi connectivity index (χ4v) is 4.11. The molecule has 0 unspecified atom stereocenters. The van der Waals surface area contributed by atoms with Crippen molar-refractivity contribution >= 4 is 17.5 Å². The number of nitrogens with zero attached hydrogens (tertiary/aromatic N) is 5. The Bertz CT molecular complexity index is 1100. The number of rotatable bonds is 7. The molecule has 1 atom stereocenters. The lowest BCUT2D eigenvalue weighted by atomic mass is 9.90. The van der Waals surface area contributed by atoms with Crippen LogP contribution in [0, 0.1) is 12.8 Å². The maximum Gasteiger partial charge on any atom is 0.224 e. The van der Waals surface area contributed by atoms with Crippen molar-refractivity contribution in [3.8, 4) is 11.4 Å². The van der Waals surface area contributed by atoms with Gasteiger partial charge in [0.15, 0.2) is 5.78 Å². The van der Waals surface area contributed by atoms with Gasteiger partial charge in [0.25, 0.3) is 0 Å². The molecule has 0 spiro atoms. The molecule has 1 fully saturated rings. The number of anilines is 1. The van der Waals surface area contributed by atoms with Crippen LogP contribution in [0.4, 0.5) is 5.82 Å². The van der Waals surface area contributed by atoms with Crippen LogP contribution < -0.4 is 10.5 Å². The Morgan fingerprint density at radius 1 is 1.19 bits per heavy atom. The second-order valence-corrected chi connectivity index (χ2v) is 8.04. The van der Waals surface area contributed by atoms with Gasteiger partial charge in [-0.25, -0.2) is 4.68 Å². The van der Waals surface area contributed by atoms with Crippen LogP contribution in [-0.4, -0.2) is 56.4 Å². The van der Waals surface area contributed by atoms with Gasteiger partial charge in [-0.05, 0) is 50.1 Å². The van der Waals surface area contributed by atoms with Gasteiger partial charge in [-0.3, -0.25) is 14.3 Å². The molecule has 3 heterocycles. The van der Waals surface area contributed by atoms with Crippen molar-refractivity contribution in [2.24, 2.45) is 5.92 Å². The average Bonchev–Trinajstić information content (AvgIpc) is 3.42. The van der Waals surface area contributed by atoms with Gasteiger partial charge < -0.3 is 15.4 Å². The maximum absolute atomic E-state index is 13.2. The summed E-state index contributed by atoms with van der Waals surface area (Å²) in [5.41, 5.74) is 8.45. The quantitative estimate of drug-likeness (QED) is 0.570. The maximum atomic E-state index is 13.2. The lowest BCUT2D eigenvalue weighted by Gasteiger charge is -2.32. The molecule has 0 radical (unpaired) electrons. The second-order valence-electron chi connectivity index (χ2n) is 8.04. The molecule has 2 N–H and O–H groups in total. The van der Waals surface area contributed by atoms with Crippen molar-refractivity contribution in [3.05, 3.63) is 54.0 Å². The summed E-state index contributed by atoms with van der Waals surface area (Å²) < 4.78 is 8.54. The molecular weight excluding hydrogens is 408 g/mol. The number of ketones is 1. The van der Waals surface area contributed by atoms with E-state index < -0.39 is 0 Å². The minimum absolute atomic E-state index is 0.0410. The molecule has 0 aliphatic carbocycles. The van der Waals surface area contributed by atoms with Gasteiger partial charge in [0.1, 0.15) is 11.6 Å². The number of nitrogen functional groups attached to an aromatic ring is 1. The Morgan fingerprint density at radius 3 is 2.66 bits per heavy atom. The Hall–Kier alpha value is -3.62. The van der Waals surface area contributed by atoms with E-state index in [0.29, 0.717) is 37.4 Å². The molecule has 3 aromatic rings. The van der Waals surface area contributed by atoms with Crippen molar-refractivity contribution in [3.63, 3.8) is 0 Å². The molecule has 32 heavy (non-hydrogen) atoms. The van der Waals surface area contributed by atoms with Crippen molar-refractivity contribution in [2.75, 3.05) is 25.9 Å². The standard InChI is InChI=1S/C23H28N6O3/c1-16-9-11-25-28(16)13-10-21(30)27-12-3-4-17(15-27)22(31)20-14-26-29(23(20)24)18-5-7-19(32-2)8-6-18/h5-9,11,14,17H,3-4,10,12-13,15,24H2,1-2H3/t17-/m0/s1. The summed E-state index contributed by atoms with van der Waals surface area (Å²) in [6, 6.07) is 9.20. The van der Waals surface area contributed by atoms with Crippen LogP contribution >= 0.6 is 0 Å². The number of aromatic nitrogens is 4. The van der Waals surface area contributed by atoms with Gasteiger partial charge in [0.05, 0.1) is 24.6 Å². The lowest BCUT2D eigenvalue weighted by Crippen LogP contribution is -2.42. The number of carbonyl (C=O) groups is 2. The summed E-state index contributed by atoms with van der Waals surface area (Å²) in [6.45, 7) is 3.57. The molecule has 168 valence electrons. The first-order valence-electron chi connectivity index (χ1n) is 10.8. The minimum Gasteiger partial charge on any atom is -0.497 e. The number of hydrogen-bond acceptors (Lipinski definition) is 6. The fraction of sp³-hybridized carbons (Fsp3) is 0.391. The number of carbonyl (C=O) groups excluding carboxylic acids is 2. The first-order chi connectivity index (χ1) is 15.5. The number of methoxy groups -OCH3 is 1. The van der Waals surface area contributed by atoms with E-state index >= 15 is 0 Å². The molecule has 1 aliphatic rings. The van der Waals surface area contributed by atoms with Gasteiger partial charge in [-0.15, -0.1) is 0 Å². The number of likely N-dealkylation sites (tertiary alicyclic amines) is 1. The van der Waals surface area contributed by atoms with Crippen LogP contribution in [-0.2, 0) is 11.3 Å². The first kappa shape index (κ1) is 21.6. The number of hydrogen-bond donors (Lipinski definition) is 1. The van der Waals surface area contributed by atoms with Crippen molar-refractivity contribution in [1.29, 1.82) is 0 Å². The van der Waals surface area contributed by atoms with Crippen molar-refractivity contribution in [2.45, 2.75) is 32.7 Å². The number of ether oxygens (including phenoxy) is 1. The first-order valence-corrected chi connectivity index (χ1v) is 10.8. The number of benzene rings is 1. The summed E-state index contributed by atoms with van der Waals surface area (Å²) in [4.78, 5) is 27.7. The number of aryl methyl sites for hydroxylation is 2. The normalized spacial score (nSPS) is 16.2. The van der Waals surface area contributed by atoms with Gasteiger partial charge in [-0.1, -0.05) is 0 Å². The highest BCUT2D eigenvalue weighted by atomic mass is 16.5. The Kier molecular flexibility index (Phi) is 6.25. The largest absolute Gasteiger partial charge is 0.497 e. The van der Waals surface area contributed by atoms with E-state index in [4.69, 9.17) is 10.5 Å². The minimum atomic E-state index is -0.282. The summed E-state index contributed by atoms with van der Waals surface area (Å²) in [7, 11) is 1.60. The summed E-state index contributed by atoms with van der Waals surface area (Å²) in [6.07, 6.45) is 5.12. The molecule has 0 bridgehead atoms. The predicted octanol–water partition coefficient (Wildman–Crippen LogP) is 2.48. The monoisotopic (exact) mass is 436 g/mol. The highest BCUT2D eigenvalue weighted by Gasteiger charge is 2.31. The van der Waals surface area contributed by atoms with E-state index in [9.17, 15) is 9.59 Å². The highest BCUT2D eigenvalue weighted by molar-refractivity contribution is 6.02. The number of nitrogens with two attached hydrogens (primary N) is 1. The van der Waals surface area contributed by atoms with E-state index in [1.165, 1.54) is 6.20 Å². The van der Waals surface area contributed by atoms with Crippen molar-refractivity contribution in [1.82, 2.24) is 24.5 Å². The Morgan fingerprint density at radius 2 is 1.97 bits per heavy atom. The van der Waals surface area contributed by atoms with Gasteiger partial charge >= 0.3 is 0 Å². The van der Waals surface area contributed by atoms with Crippen LogP contribution in [0.25, 0.3) is 5.69 Å². The fourth-order valence-electron chi connectivity index (χ4n) is 4.11. The molecule has 1 aromatic carbocycles. The molecule has 9 nitrogen and oxygen atoms in total. The highest BCUT2D eigenvalue weighted by Crippen LogP contribution is 2.26. The molecule has 1 saturated heterocycles. The summed E-state index contributed by atoms with van der Waals surface area (Å²) in [5, 5.41) is 8.54. The van der Waals surface area contributed by atoms with Gasteiger partial charge in [-0.2, -0.15) is 10.2 Å². The third-order valence-electron chi connectivity index (χ3n) is 6.00. The van der Waals surface area contributed by atoms with E-state index in [1.807, 2.05) is 41.9 Å². The third kappa shape index (κ3) is 4.37. The van der Waals surface area contributed by atoms with E-state index in [-0.39, 0.29) is 17.6 Å². The predicted molar refractivity (Wildman–Crippen MR) is 120 cm³/mol. The van der Waals surface area contributed by atoms with Crippen LogP contribution in [0.15, 0.2) is 42.7 Å². The van der Waals surface area contributed by atoms with E-state index in [2.05, 4.69) is 10.2 Å². The molecule has 1 amide bonds. The van der Waals surface area contributed by atoms with Crippen LogP contribution in [0.3, 0.4) is 0 Å². The average molecular weight is 437 g/mol. The van der Waals surface area contributed by atoms with Crippen LogP contribution in [0.2, 0.25) is 0 Å². The summed E-state index contributed by atoms with van der Waals surface area (Å²) >= 11 is 0. The van der Waals surface area contributed by atoms with Gasteiger partial charge in [0.2, 0.25) is 5.91 Å². The molecule has 9 heteroatoms. The van der Waals surface area contributed by atoms with Crippen LogP contribution in [0.5, 0.6) is 5.75 Å². The molecular formula is C23H28N6O3. The molecule has 2 aromatic heterocycles. The topological polar surface area (TPSA) is 108 Å². The number of amides is 1. The van der Waals surface area contributed by atoms with Gasteiger partial charge in [0, 0.05) is 43.9 Å². The Labute approximate surface area is 186 Å². The van der Waals surface area contributed by atoms with E-state index in [1.54, 1.807) is 22.9 Å². The Balaban J connectivity index is 1.42. The molecule has 0 saturated carbocycles. The smallest absolute Gasteiger partial charge is 0.224 e. The zero-order valence-corrected chi connectivity index (χ0v) is 18.4. The molecule has 4 rings (SSSR count). The number of Topliss-reactive ketones (excluding diaryl/α,β-unsaturated/α-hetero) is 1. The third-order valence-corrected chi connectivity index (χ3v) is 6.00. The van der Waals surface area contributed by atoms with Crippen LogP contribution in [0.1, 0.15) is 35.3 Å².